The minimum Gasteiger partial charge on any atom is -0.507 e. The number of methoxy groups -OCH3 is 1. The minimum absolute atomic E-state index is 0.00457. The number of benzene rings is 2. The van der Waals surface area contributed by atoms with Gasteiger partial charge in [0.1, 0.15) is 11.5 Å². The quantitative estimate of drug-likeness (QED) is 0.245. The van der Waals surface area contributed by atoms with E-state index < -0.39 is 17.7 Å². The molecule has 2 aromatic heterocycles. The van der Waals surface area contributed by atoms with Gasteiger partial charge >= 0.3 is 0 Å². The van der Waals surface area contributed by atoms with E-state index in [1.807, 2.05) is 30.3 Å². The number of ether oxygens (including phenoxy) is 1. The lowest BCUT2D eigenvalue weighted by Gasteiger charge is -2.24. The topological polar surface area (TPSA) is 95.5 Å². The van der Waals surface area contributed by atoms with Crippen molar-refractivity contribution in [3.8, 4) is 5.75 Å². The van der Waals surface area contributed by atoms with Crippen LogP contribution in [0.4, 0.5) is 0 Å². The van der Waals surface area contributed by atoms with Crippen LogP contribution in [0.15, 0.2) is 78.6 Å². The highest BCUT2D eigenvalue weighted by Crippen LogP contribution is 2.43. The second kappa shape index (κ2) is 8.68. The molecule has 1 unspecified atom stereocenters. The summed E-state index contributed by atoms with van der Waals surface area (Å²) in [5, 5.41) is 12.5. The van der Waals surface area contributed by atoms with Crippen LogP contribution in [0, 0.1) is 0 Å². The van der Waals surface area contributed by atoms with Crippen molar-refractivity contribution in [1.29, 1.82) is 0 Å². The maximum atomic E-state index is 13.3. The molecule has 3 heterocycles. The predicted molar refractivity (Wildman–Crippen MR) is 128 cm³/mol. The molecule has 2 N–H and O–H groups in total. The van der Waals surface area contributed by atoms with Crippen molar-refractivity contribution < 1.29 is 19.4 Å². The van der Waals surface area contributed by atoms with E-state index in [9.17, 15) is 14.7 Å². The molecule has 34 heavy (non-hydrogen) atoms. The Bertz CT molecular complexity index is 1440. The van der Waals surface area contributed by atoms with E-state index in [0.29, 0.717) is 27.6 Å². The van der Waals surface area contributed by atoms with E-state index in [-0.39, 0.29) is 17.9 Å². The summed E-state index contributed by atoms with van der Waals surface area (Å²) in [6.45, 7) is 0.107. The third-order valence-electron chi connectivity index (χ3n) is 5.94. The maximum Gasteiger partial charge on any atom is 0.296 e. The number of nitrogens with zero attached hydrogens (tertiary/aromatic N) is 2. The molecule has 1 atom stereocenters. The number of aromatic amines is 1. The van der Waals surface area contributed by atoms with Crippen LogP contribution in [0.1, 0.15) is 22.9 Å². The molecule has 1 amide bonds. The van der Waals surface area contributed by atoms with E-state index in [2.05, 4.69) is 9.97 Å². The number of Topliss-reactive ketones (excluding diaryl/α,β-unsaturated/α-hetero) is 1. The molecule has 0 spiro atoms. The first kappa shape index (κ1) is 21.7. The van der Waals surface area contributed by atoms with Crippen LogP contribution in [0.2, 0.25) is 5.02 Å². The minimum atomic E-state index is -0.820. The Balaban J connectivity index is 1.71. The van der Waals surface area contributed by atoms with Crippen LogP contribution >= 0.6 is 11.6 Å². The lowest BCUT2D eigenvalue weighted by Crippen LogP contribution is -2.29. The highest BCUT2D eigenvalue weighted by atomic mass is 35.5. The molecule has 7 nitrogen and oxygen atoms in total. The molecular weight excluding hydrogens is 454 g/mol. The summed E-state index contributed by atoms with van der Waals surface area (Å²) in [6.07, 6.45) is 3.40. The molecule has 0 radical (unpaired) electrons. The second-order valence-corrected chi connectivity index (χ2v) is 8.29. The molecule has 8 heteroatoms. The van der Waals surface area contributed by atoms with Gasteiger partial charge in [0.05, 0.1) is 36.0 Å². The van der Waals surface area contributed by atoms with Gasteiger partial charge in [-0.25, -0.2) is 0 Å². The Kier molecular flexibility index (Phi) is 5.55. The first-order valence-corrected chi connectivity index (χ1v) is 11.0. The molecule has 1 saturated heterocycles. The van der Waals surface area contributed by atoms with Gasteiger partial charge in [0.15, 0.2) is 0 Å². The summed E-state index contributed by atoms with van der Waals surface area (Å²) in [4.78, 5) is 35.5. The van der Waals surface area contributed by atoms with Gasteiger partial charge in [0.25, 0.3) is 11.7 Å². The zero-order valence-corrected chi connectivity index (χ0v) is 18.9. The van der Waals surface area contributed by atoms with Crippen molar-refractivity contribution in [2.75, 3.05) is 7.11 Å². The second-order valence-electron chi connectivity index (χ2n) is 7.89. The summed E-state index contributed by atoms with van der Waals surface area (Å²) in [6, 6.07) is 16.9. The number of nitrogens with one attached hydrogen (secondary N) is 1. The summed E-state index contributed by atoms with van der Waals surface area (Å²) in [5.74, 6) is -1.43. The van der Waals surface area contributed by atoms with E-state index in [1.165, 1.54) is 18.1 Å². The zero-order chi connectivity index (χ0) is 23.8. The van der Waals surface area contributed by atoms with Crippen LogP contribution in [0.3, 0.4) is 0 Å². The number of aliphatic hydroxyl groups excluding tert-OH is 1. The maximum absolute atomic E-state index is 13.3. The molecule has 1 aliphatic rings. The number of aromatic nitrogens is 2. The SMILES string of the molecule is COc1cc(/C(O)=C2\C(=O)C(=O)N(Cc3ccccn3)C2c2c[nH]c3ccccc23)ccc1Cl. The van der Waals surface area contributed by atoms with Gasteiger partial charge in [-0.15, -0.1) is 0 Å². The molecule has 1 aliphatic heterocycles. The Morgan fingerprint density at radius 1 is 1.15 bits per heavy atom. The molecule has 5 rings (SSSR count). The van der Waals surface area contributed by atoms with Crippen LogP contribution < -0.4 is 4.74 Å². The third-order valence-corrected chi connectivity index (χ3v) is 6.25. The first-order valence-electron chi connectivity index (χ1n) is 10.6. The number of fused-ring (bicyclic) bond motifs is 1. The molecular formula is C26H20ClN3O4. The number of amides is 1. The number of para-hydroxylation sites is 1. The fraction of sp³-hybridized carbons (Fsp3) is 0.115. The van der Waals surface area contributed by atoms with Crippen LogP contribution in [-0.2, 0) is 16.1 Å². The fourth-order valence-electron chi connectivity index (χ4n) is 4.32. The normalized spacial score (nSPS) is 17.5. The number of likely N-dealkylation sites (tertiary alicyclic amines) is 1. The lowest BCUT2D eigenvalue weighted by atomic mass is 9.95. The Morgan fingerprint density at radius 2 is 1.94 bits per heavy atom. The number of carbonyl (C=O) groups excluding carboxylic acids is 2. The Morgan fingerprint density at radius 3 is 2.71 bits per heavy atom. The van der Waals surface area contributed by atoms with Crippen molar-refractivity contribution in [3.63, 3.8) is 0 Å². The standard InChI is InChI=1S/C26H20ClN3O4/c1-34-21-12-15(9-10-19(21)27)24(31)22-23(18-13-29-20-8-3-2-7-17(18)20)30(26(33)25(22)32)14-16-6-4-5-11-28-16/h2-13,23,29,31H,14H2,1H3/b24-22+. The number of aliphatic hydroxyl groups is 1. The predicted octanol–water partition coefficient (Wildman–Crippen LogP) is 4.85. The summed E-state index contributed by atoms with van der Waals surface area (Å²) in [5.41, 5.74) is 2.50. The van der Waals surface area contributed by atoms with E-state index in [1.54, 1.807) is 36.7 Å². The fourth-order valence-corrected chi connectivity index (χ4v) is 4.51. The molecule has 0 aliphatic carbocycles. The number of H-pyrrole nitrogens is 1. The summed E-state index contributed by atoms with van der Waals surface area (Å²) < 4.78 is 5.26. The highest BCUT2D eigenvalue weighted by molar-refractivity contribution is 6.46. The number of rotatable bonds is 5. The average molecular weight is 474 g/mol. The van der Waals surface area contributed by atoms with Crippen molar-refractivity contribution in [1.82, 2.24) is 14.9 Å². The largest absolute Gasteiger partial charge is 0.507 e. The van der Waals surface area contributed by atoms with Gasteiger partial charge in [-0.3, -0.25) is 14.6 Å². The molecule has 4 aromatic rings. The number of pyridine rings is 1. The van der Waals surface area contributed by atoms with Gasteiger partial charge < -0.3 is 19.7 Å². The van der Waals surface area contributed by atoms with Crippen molar-refractivity contribution in [2.45, 2.75) is 12.6 Å². The van der Waals surface area contributed by atoms with Crippen LogP contribution in [0.25, 0.3) is 16.7 Å². The number of hydrogen-bond donors (Lipinski definition) is 2. The van der Waals surface area contributed by atoms with Crippen LogP contribution in [0.5, 0.6) is 5.75 Å². The van der Waals surface area contributed by atoms with Gasteiger partial charge in [-0.2, -0.15) is 0 Å². The van der Waals surface area contributed by atoms with E-state index >= 15 is 0 Å². The average Bonchev–Trinajstić information content (AvgIpc) is 3.39. The van der Waals surface area contributed by atoms with Gasteiger partial charge in [-0.05, 0) is 36.4 Å². The summed E-state index contributed by atoms with van der Waals surface area (Å²) in [7, 11) is 1.46. The lowest BCUT2D eigenvalue weighted by molar-refractivity contribution is -0.140. The molecule has 0 saturated carbocycles. The Hall–Kier alpha value is -4.10. The number of hydrogen-bond acceptors (Lipinski definition) is 5. The van der Waals surface area contributed by atoms with E-state index in [0.717, 1.165) is 10.9 Å². The number of ketones is 1. The van der Waals surface area contributed by atoms with Crippen molar-refractivity contribution in [3.05, 3.63) is 100 Å². The van der Waals surface area contributed by atoms with E-state index in [4.69, 9.17) is 16.3 Å². The van der Waals surface area contributed by atoms with Gasteiger partial charge in [0.2, 0.25) is 0 Å². The molecule has 0 bridgehead atoms. The van der Waals surface area contributed by atoms with Gasteiger partial charge in [0, 0.05) is 34.4 Å². The molecule has 2 aromatic carbocycles. The smallest absolute Gasteiger partial charge is 0.296 e. The van der Waals surface area contributed by atoms with Crippen molar-refractivity contribution >= 4 is 40.0 Å². The van der Waals surface area contributed by atoms with Crippen molar-refractivity contribution in [2.24, 2.45) is 0 Å². The monoisotopic (exact) mass is 473 g/mol. The van der Waals surface area contributed by atoms with Gasteiger partial charge in [-0.1, -0.05) is 35.9 Å². The third kappa shape index (κ3) is 3.60. The molecule has 170 valence electrons. The number of carbonyl (C=O) groups is 2. The van der Waals surface area contributed by atoms with Crippen LogP contribution in [-0.4, -0.2) is 38.8 Å². The number of halogens is 1. The first-order chi connectivity index (χ1) is 16.5. The Labute approximate surface area is 200 Å². The zero-order valence-electron chi connectivity index (χ0n) is 18.2. The molecule has 1 fully saturated rings. The summed E-state index contributed by atoms with van der Waals surface area (Å²) >= 11 is 6.14. The highest BCUT2D eigenvalue weighted by Gasteiger charge is 2.47.